The van der Waals surface area contributed by atoms with Crippen molar-refractivity contribution in [3.05, 3.63) is 28.2 Å². The first-order chi connectivity index (χ1) is 9.24. The molecular formula is C16H23BrO2. The number of ether oxygens (including phenoxy) is 2. The number of rotatable bonds is 5. The van der Waals surface area contributed by atoms with Gasteiger partial charge in [0.1, 0.15) is 5.75 Å². The standard InChI is InChI=1S/C16H23BrO2/c1-3-12-6-4-5-7-16(12)19-11-13-10-14(18-2)8-9-15(13)17/h8-10,12,16H,3-7,11H2,1-2H3. The van der Waals surface area contributed by atoms with Gasteiger partial charge in [0, 0.05) is 4.47 Å². The molecule has 0 radical (unpaired) electrons. The Morgan fingerprint density at radius 1 is 1.26 bits per heavy atom. The predicted molar refractivity (Wildman–Crippen MR) is 81.5 cm³/mol. The lowest BCUT2D eigenvalue weighted by atomic mass is 9.85. The Bertz CT molecular complexity index is 406. The summed E-state index contributed by atoms with van der Waals surface area (Å²) in [5, 5.41) is 0. The lowest BCUT2D eigenvalue weighted by molar-refractivity contribution is -0.0224. The van der Waals surface area contributed by atoms with Crippen LogP contribution in [-0.4, -0.2) is 13.2 Å². The minimum absolute atomic E-state index is 0.428. The third kappa shape index (κ3) is 3.96. The summed E-state index contributed by atoms with van der Waals surface area (Å²) in [4.78, 5) is 0. The van der Waals surface area contributed by atoms with Crippen LogP contribution in [0.2, 0.25) is 0 Å². The van der Waals surface area contributed by atoms with Gasteiger partial charge in [-0.15, -0.1) is 0 Å². The normalized spacial score (nSPS) is 23.3. The molecule has 2 rings (SSSR count). The van der Waals surface area contributed by atoms with Crippen molar-refractivity contribution in [1.82, 2.24) is 0 Å². The molecule has 0 N–H and O–H groups in total. The van der Waals surface area contributed by atoms with E-state index >= 15 is 0 Å². The maximum Gasteiger partial charge on any atom is 0.119 e. The quantitative estimate of drug-likeness (QED) is 0.762. The van der Waals surface area contributed by atoms with E-state index in [-0.39, 0.29) is 0 Å². The lowest BCUT2D eigenvalue weighted by Crippen LogP contribution is -2.27. The van der Waals surface area contributed by atoms with E-state index in [9.17, 15) is 0 Å². The fraction of sp³-hybridized carbons (Fsp3) is 0.625. The number of halogens is 1. The summed E-state index contributed by atoms with van der Waals surface area (Å²) in [5.41, 5.74) is 1.17. The first kappa shape index (κ1) is 14.9. The van der Waals surface area contributed by atoms with Gasteiger partial charge in [0.15, 0.2) is 0 Å². The van der Waals surface area contributed by atoms with Gasteiger partial charge in [0.05, 0.1) is 19.8 Å². The number of hydrogen-bond donors (Lipinski definition) is 0. The molecule has 0 heterocycles. The van der Waals surface area contributed by atoms with Crippen LogP contribution < -0.4 is 4.74 Å². The molecule has 0 saturated heterocycles. The maximum atomic E-state index is 6.17. The Labute approximate surface area is 124 Å². The summed E-state index contributed by atoms with van der Waals surface area (Å²) in [6.07, 6.45) is 6.85. The number of hydrogen-bond acceptors (Lipinski definition) is 2. The van der Waals surface area contributed by atoms with Gasteiger partial charge < -0.3 is 9.47 Å². The molecule has 19 heavy (non-hydrogen) atoms. The molecular weight excluding hydrogens is 304 g/mol. The van der Waals surface area contributed by atoms with E-state index in [2.05, 4.69) is 22.9 Å². The molecule has 0 bridgehead atoms. The number of benzene rings is 1. The van der Waals surface area contributed by atoms with Crippen molar-refractivity contribution in [2.45, 2.75) is 51.7 Å². The fourth-order valence-electron chi connectivity index (χ4n) is 2.85. The van der Waals surface area contributed by atoms with Gasteiger partial charge in [-0.2, -0.15) is 0 Å². The molecule has 2 nitrogen and oxygen atoms in total. The zero-order chi connectivity index (χ0) is 13.7. The highest BCUT2D eigenvalue weighted by Crippen LogP contribution is 2.31. The van der Waals surface area contributed by atoms with Crippen molar-refractivity contribution in [3.63, 3.8) is 0 Å². The van der Waals surface area contributed by atoms with Gasteiger partial charge in [0.25, 0.3) is 0 Å². The molecule has 1 saturated carbocycles. The summed E-state index contributed by atoms with van der Waals surface area (Å²) in [6, 6.07) is 6.03. The first-order valence-electron chi connectivity index (χ1n) is 7.18. The largest absolute Gasteiger partial charge is 0.497 e. The van der Waals surface area contributed by atoms with Gasteiger partial charge >= 0.3 is 0 Å². The molecule has 0 aromatic heterocycles. The van der Waals surface area contributed by atoms with Crippen LogP contribution in [0.4, 0.5) is 0 Å². The highest BCUT2D eigenvalue weighted by atomic mass is 79.9. The predicted octanol–water partition coefficient (Wildman–Crippen LogP) is 4.94. The van der Waals surface area contributed by atoms with Crippen LogP contribution in [0.1, 0.15) is 44.6 Å². The molecule has 1 aromatic rings. The van der Waals surface area contributed by atoms with Crippen LogP contribution in [-0.2, 0) is 11.3 Å². The highest BCUT2D eigenvalue weighted by molar-refractivity contribution is 9.10. The Morgan fingerprint density at radius 3 is 2.79 bits per heavy atom. The molecule has 1 aliphatic rings. The van der Waals surface area contributed by atoms with Crippen LogP contribution in [0, 0.1) is 5.92 Å². The van der Waals surface area contributed by atoms with Crippen LogP contribution >= 0.6 is 15.9 Å². The van der Waals surface area contributed by atoms with E-state index in [1.807, 2.05) is 18.2 Å². The SMILES string of the molecule is CCC1CCCCC1OCc1cc(OC)ccc1Br. The Kier molecular flexibility index (Phi) is 5.71. The Balaban J connectivity index is 1.97. The van der Waals surface area contributed by atoms with Gasteiger partial charge in [-0.25, -0.2) is 0 Å². The van der Waals surface area contributed by atoms with Gasteiger partial charge in [-0.1, -0.05) is 42.1 Å². The van der Waals surface area contributed by atoms with E-state index in [1.165, 1.54) is 37.7 Å². The van der Waals surface area contributed by atoms with Crippen molar-refractivity contribution >= 4 is 15.9 Å². The van der Waals surface area contributed by atoms with E-state index in [1.54, 1.807) is 7.11 Å². The minimum atomic E-state index is 0.428. The van der Waals surface area contributed by atoms with Crippen molar-refractivity contribution in [3.8, 4) is 5.75 Å². The summed E-state index contributed by atoms with van der Waals surface area (Å²) in [5.74, 6) is 1.62. The highest BCUT2D eigenvalue weighted by Gasteiger charge is 2.24. The second-order valence-electron chi connectivity index (χ2n) is 5.26. The second kappa shape index (κ2) is 7.30. The molecule has 2 unspecified atom stereocenters. The minimum Gasteiger partial charge on any atom is -0.497 e. The van der Waals surface area contributed by atoms with E-state index < -0.39 is 0 Å². The van der Waals surface area contributed by atoms with E-state index in [4.69, 9.17) is 9.47 Å². The third-order valence-electron chi connectivity index (χ3n) is 4.07. The molecule has 3 heteroatoms. The van der Waals surface area contributed by atoms with Crippen LogP contribution in [0.5, 0.6) is 5.75 Å². The van der Waals surface area contributed by atoms with Gasteiger partial charge in [-0.3, -0.25) is 0 Å². The van der Waals surface area contributed by atoms with Crippen LogP contribution in [0.15, 0.2) is 22.7 Å². The molecule has 2 atom stereocenters. The molecule has 0 aliphatic heterocycles. The van der Waals surface area contributed by atoms with Crippen molar-refractivity contribution in [2.75, 3.05) is 7.11 Å². The average molecular weight is 327 g/mol. The lowest BCUT2D eigenvalue weighted by Gasteiger charge is -2.31. The number of methoxy groups -OCH3 is 1. The zero-order valence-electron chi connectivity index (χ0n) is 11.8. The Hall–Kier alpha value is -0.540. The van der Waals surface area contributed by atoms with Crippen LogP contribution in [0.25, 0.3) is 0 Å². The average Bonchev–Trinajstić information content (AvgIpc) is 2.46. The summed E-state index contributed by atoms with van der Waals surface area (Å²) >= 11 is 3.58. The molecule has 1 aromatic carbocycles. The smallest absolute Gasteiger partial charge is 0.119 e. The summed E-state index contributed by atoms with van der Waals surface area (Å²) < 4.78 is 12.5. The molecule has 1 fully saturated rings. The molecule has 106 valence electrons. The fourth-order valence-corrected chi connectivity index (χ4v) is 3.21. The van der Waals surface area contributed by atoms with Crippen molar-refractivity contribution < 1.29 is 9.47 Å². The van der Waals surface area contributed by atoms with E-state index in [0.29, 0.717) is 12.7 Å². The molecule has 1 aliphatic carbocycles. The van der Waals surface area contributed by atoms with Crippen molar-refractivity contribution in [1.29, 1.82) is 0 Å². The van der Waals surface area contributed by atoms with Gasteiger partial charge in [-0.05, 0) is 42.5 Å². The van der Waals surface area contributed by atoms with Crippen LogP contribution in [0.3, 0.4) is 0 Å². The second-order valence-corrected chi connectivity index (χ2v) is 6.11. The van der Waals surface area contributed by atoms with Crippen molar-refractivity contribution in [2.24, 2.45) is 5.92 Å². The first-order valence-corrected chi connectivity index (χ1v) is 7.98. The third-order valence-corrected chi connectivity index (χ3v) is 4.84. The van der Waals surface area contributed by atoms with Gasteiger partial charge in [0.2, 0.25) is 0 Å². The summed E-state index contributed by atoms with van der Waals surface area (Å²) in [7, 11) is 1.70. The van der Waals surface area contributed by atoms with E-state index in [0.717, 1.165) is 16.1 Å². The monoisotopic (exact) mass is 326 g/mol. The maximum absolute atomic E-state index is 6.17. The molecule has 0 spiro atoms. The topological polar surface area (TPSA) is 18.5 Å². The summed E-state index contributed by atoms with van der Waals surface area (Å²) in [6.45, 7) is 2.94. The Morgan fingerprint density at radius 2 is 2.05 bits per heavy atom. The zero-order valence-corrected chi connectivity index (χ0v) is 13.4. The molecule has 0 amide bonds.